The minimum absolute atomic E-state index is 0.00698. The first-order valence-electron chi connectivity index (χ1n) is 10.8. The highest BCUT2D eigenvalue weighted by atomic mass is 35.5. The van der Waals surface area contributed by atoms with Gasteiger partial charge in [0.1, 0.15) is 6.33 Å². The fourth-order valence-corrected chi connectivity index (χ4v) is 4.14. The van der Waals surface area contributed by atoms with Crippen LogP contribution in [0.15, 0.2) is 67.0 Å². The number of nitriles is 1. The van der Waals surface area contributed by atoms with Crippen molar-refractivity contribution in [1.29, 1.82) is 5.26 Å². The summed E-state index contributed by atoms with van der Waals surface area (Å²) in [5.74, 6) is -0.548. The molecule has 180 valence electrons. The number of aryl methyl sites for hydroxylation is 2. The van der Waals surface area contributed by atoms with Gasteiger partial charge >= 0.3 is 5.69 Å². The van der Waals surface area contributed by atoms with Gasteiger partial charge in [0.15, 0.2) is 0 Å². The number of para-hydroxylation sites is 1. The Kier molecular flexibility index (Phi) is 7.34. The maximum Gasteiger partial charge on any atom is 0.353 e. The molecule has 3 aromatic carbocycles. The van der Waals surface area contributed by atoms with E-state index in [0.29, 0.717) is 27.0 Å². The molecule has 2 N–H and O–H groups in total. The third kappa shape index (κ3) is 5.23. The van der Waals surface area contributed by atoms with Crippen LogP contribution in [-0.4, -0.2) is 14.9 Å². The molecular weight excluding hydrogens is 499 g/mol. The number of benzene rings is 3. The van der Waals surface area contributed by atoms with Crippen LogP contribution in [0, 0.1) is 35.3 Å². The van der Waals surface area contributed by atoms with E-state index in [1.807, 2.05) is 38.1 Å². The summed E-state index contributed by atoms with van der Waals surface area (Å²) in [6.45, 7) is 3.71. The van der Waals surface area contributed by atoms with Crippen molar-refractivity contribution in [2.24, 2.45) is 0 Å². The lowest BCUT2D eigenvalue weighted by Gasteiger charge is -2.17. The van der Waals surface area contributed by atoms with E-state index in [0.717, 1.165) is 16.7 Å². The van der Waals surface area contributed by atoms with Crippen molar-refractivity contribution in [3.8, 4) is 6.07 Å². The molecule has 0 bridgehead atoms. The van der Waals surface area contributed by atoms with Gasteiger partial charge < -0.3 is 10.6 Å². The molecular formula is C26H20Cl2N6O2. The minimum Gasteiger partial charge on any atom is -0.334 e. The van der Waals surface area contributed by atoms with Crippen LogP contribution in [0.4, 0.5) is 28.7 Å². The molecule has 0 amide bonds. The van der Waals surface area contributed by atoms with E-state index in [1.165, 1.54) is 6.33 Å². The Balaban J connectivity index is 1.70. The number of hydrogen-bond acceptors (Lipinski definition) is 7. The highest BCUT2D eigenvalue weighted by molar-refractivity contribution is 6.32. The van der Waals surface area contributed by atoms with Gasteiger partial charge in [0, 0.05) is 21.4 Å². The van der Waals surface area contributed by atoms with Gasteiger partial charge in [-0.25, -0.2) is 9.97 Å². The summed E-state index contributed by atoms with van der Waals surface area (Å²) < 4.78 is 0. The van der Waals surface area contributed by atoms with Crippen molar-refractivity contribution in [2.45, 2.75) is 19.8 Å². The average molecular weight is 519 g/mol. The van der Waals surface area contributed by atoms with Crippen LogP contribution in [0.5, 0.6) is 0 Å². The van der Waals surface area contributed by atoms with Crippen LogP contribution < -0.4 is 10.6 Å². The summed E-state index contributed by atoms with van der Waals surface area (Å²) in [6.07, 6.45) is 1.24. The number of nitro groups is 1. The van der Waals surface area contributed by atoms with Gasteiger partial charge in [-0.3, -0.25) is 10.1 Å². The minimum atomic E-state index is -0.610. The SMILES string of the molecule is Cc1ccccc1Nc1ncnc(Nc2cc(Cl)c(C(C#N)c3ccc(Cl)cc3)cc2C)c1[N+](=O)[O-]. The molecule has 10 heteroatoms. The molecule has 4 rings (SSSR count). The van der Waals surface area contributed by atoms with Crippen molar-refractivity contribution in [3.63, 3.8) is 0 Å². The van der Waals surface area contributed by atoms with E-state index < -0.39 is 10.8 Å². The molecule has 0 spiro atoms. The predicted octanol–water partition coefficient (Wildman–Crippen LogP) is 7.45. The number of hydrogen-bond donors (Lipinski definition) is 2. The second kappa shape index (κ2) is 10.6. The molecule has 1 heterocycles. The van der Waals surface area contributed by atoms with E-state index >= 15 is 0 Å². The fourth-order valence-electron chi connectivity index (χ4n) is 3.74. The summed E-state index contributed by atoms with van der Waals surface area (Å²) in [5.41, 5.74) is 3.90. The quantitative estimate of drug-likeness (QED) is 0.192. The first-order valence-corrected chi connectivity index (χ1v) is 11.6. The van der Waals surface area contributed by atoms with Crippen LogP contribution in [0.25, 0.3) is 0 Å². The van der Waals surface area contributed by atoms with Gasteiger partial charge in [-0.05, 0) is 60.4 Å². The maximum absolute atomic E-state index is 12.0. The van der Waals surface area contributed by atoms with Gasteiger partial charge in [-0.15, -0.1) is 0 Å². The van der Waals surface area contributed by atoms with Gasteiger partial charge in [-0.2, -0.15) is 5.26 Å². The second-order valence-electron chi connectivity index (χ2n) is 8.04. The predicted molar refractivity (Wildman–Crippen MR) is 142 cm³/mol. The number of anilines is 4. The molecule has 36 heavy (non-hydrogen) atoms. The Morgan fingerprint density at radius 1 is 0.944 bits per heavy atom. The molecule has 1 unspecified atom stereocenters. The first-order chi connectivity index (χ1) is 17.3. The third-order valence-corrected chi connectivity index (χ3v) is 6.22. The monoisotopic (exact) mass is 518 g/mol. The van der Waals surface area contributed by atoms with Crippen LogP contribution in [0.1, 0.15) is 28.2 Å². The fraction of sp³-hybridized carbons (Fsp3) is 0.115. The molecule has 0 aliphatic carbocycles. The molecule has 1 aromatic heterocycles. The van der Waals surface area contributed by atoms with Gasteiger partial charge in [0.05, 0.1) is 16.9 Å². The number of aromatic nitrogens is 2. The zero-order chi connectivity index (χ0) is 25.8. The molecule has 0 aliphatic heterocycles. The summed E-state index contributed by atoms with van der Waals surface area (Å²) in [5, 5.41) is 28.8. The Labute approximate surface area is 217 Å². The molecule has 0 fully saturated rings. The molecule has 1 atom stereocenters. The van der Waals surface area contributed by atoms with Gasteiger partial charge in [-0.1, -0.05) is 59.6 Å². The van der Waals surface area contributed by atoms with Crippen molar-refractivity contribution in [2.75, 3.05) is 10.6 Å². The smallest absolute Gasteiger partial charge is 0.334 e. The Morgan fingerprint density at radius 3 is 2.19 bits per heavy atom. The highest BCUT2D eigenvalue weighted by Gasteiger charge is 2.25. The zero-order valence-electron chi connectivity index (χ0n) is 19.3. The highest BCUT2D eigenvalue weighted by Crippen LogP contribution is 2.38. The Morgan fingerprint density at radius 2 is 1.58 bits per heavy atom. The van der Waals surface area contributed by atoms with Crippen molar-refractivity contribution >= 4 is 51.9 Å². The second-order valence-corrected chi connectivity index (χ2v) is 8.89. The summed E-state index contributed by atoms with van der Waals surface area (Å²) in [6, 6.07) is 20.1. The summed E-state index contributed by atoms with van der Waals surface area (Å²) >= 11 is 12.6. The van der Waals surface area contributed by atoms with Gasteiger partial charge in [0.25, 0.3) is 0 Å². The average Bonchev–Trinajstić information content (AvgIpc) is 2.85. The lowest BCUT2D eigenvalue weighted by molar-refractivity contribution is -0.383. The van der Waals surface area contributed by atoms with Crippen molar-refractivity contribution in [3.05, 3.63) is 109 Å². The van der Waals surface area contributed by atoms with Crippen LogP contribution >= 0.6 is 23.2 Å². The number of rotatable bonds is 7. The molecule has 0 saturated heterocycles. The summed E-state index contributed by atoms with van der Waals surface area (Å²) in [7, 11) is 0. The zero-order valence-corrected chi connectivity index (χ0v) is 20.8. The molecule has 8 nitrogen and oxygen atoms in total. The van der Waals surface area contributed by atoms with Crippen LogP contribution in [0.2, 0.25) is 10.0 Å². The normalized spacial score (nSPS) is 11.4. The van der Waals surface area contributed by atoms with E-state index in [2.05, 4.69) is 26.7 Å². The summed E-state index contributed by atoms with van der Waals surface area (Å²) in [4.78, 5) is 19.7. The number of nitrogens with zero attached hydrogens (tertiary/aromatic N) is 4. The number of nitrogens with one attached hydrogen (secondary N) is 2. The van der Waals surface area contributed by atoms with Crippen molar-refractivity contribution < 1.29 is 4.92 Å². The van der Waals surface area contributed by atoms with Crippen molar-refractivity contribution in [1.82, 2.24) is 9.97 Å². The third-order valence-electron chi connectivity index (χ3n) is 5.64. The maximum atomic E-state index is 12.0. The first kappa shape index (κ1) is 24.9. The molecule has 4 aromatic rings. The lowest BCUT2D eigenvalue weighted by atomic mass is 9.91. The Hall–Kier alpha value is -4.19. The van der Waals surface area contributed by atoms with E-state index in [-0.39, 0.29) is 17.3 Å². The van der Waals surface area contributed by atoms with E-state index in [1.54, 1.807) is 36.4 Å². The lowest BCUT2D eigenvalue weighted by Crippen LogP contribution is -2.07. The molecule has 0 radical (unpaired) electrons. The van der Waals surface area contributed by atoms with E-state index in [4.69, 9.17) is 23.2 Å². The topological polar surface area (TPSA) is 117 Å². The standard InChI is InChI=1S/C26H20Cl2N6O2/c1-15-5-3-4-6-22(15)32-25-24(34(35)36)26(31-14-30-25)33-23-12-21(28)19(11-16(23)2)20(13-29)17-7-9-18(27)10-8-17/h3-12,14,20H,1-2H3,(H2,30,31,32,33). The van der Waals surface area contributed by atoms with Crippen LogP contribution in [-0.2, 0) is 0 Å². The molecule has 0 saturated carbocycles. The largest absolute Gasteiger partial charge is 0.353 e. The van der Waals surface area contributed by atoms with Gasteiger partial charge in [0.2, 0.25) is 11.6 Å². The number of halogens is 2. The Bertz CT molecular complexity index is 1490. The van der Waals surface area contributed by atoms with E-state index in [9.17, 15) is 15.4 Å². The van der Waals surface area contributed by atoms with Crippen LogP contribution in [0.3, 0.4) is 0 Å². The molecule has 0 aliphatic rings.